The Morgan fingerprint density at radius 3 is 2.39 bits per heavy atom. The number of carbonyl (C=O) groups is 1. The Morgan fingerprint density at radius 2 is 1.71 bits per heavy atom. The van der Waals surface area contributed by atoms with E-state index in [0.717, 1.165) is 56.0 Å². The van der Waals surface area contributed by atoms with Gasteiger partial charge < -0.3 is 18.8 Å². The number of aryl methyl sites for hydroxylation is 4. The maximum absolute atomic E-state index is 14.2. The molecule has 13 heteroatoms. The van der Waals surface area contributed by atoms with E-state index in [2.05, 4.69) is 5.10 Å². The minimum Gasteiger partial charge on any atom is -0.493 e. The zero-order valence-electron chi connectivity index (χ0n) is 30.1. The normalized spacial score (nSPS) is 12.3. The van der Waals surface area contributed by atoms with E-state index in [1.165, 1.54) is 12.1 Å². The highest BCUT2D eigenvalue weighted by atomic mass is 35.5. The summed E-state index contributed by atoms with van der Waals surface area (Å²) in [4.78, 5) is 14.2. The number of halogens is 2. The highest BCUT2D eigenvalue weighted by Gasteiger charge is 2.30. The van der Waals surface area contributed by atoms with Gasteiger partial charge in [0.05, 0.1) is 42.3 Å². The molecule has 5 rings (SSSR count). The van der Waals surface area contributed by atoms with Gasteiger partial charge >= 0.3 is 5.97 Å². The summed E-state index contributed by atoms with van der Waals surface area (Å²) in [7, 11) is -1.68. The van der Waals surface area contributed by atoms with Crippen molar-refractivity contribution in [1.29, 1.82) is 0 Å². The van der Waals surface area contributed by atoms with Crippen LogP contribution in [0.5, 0.6) is 5.75 Å². The van der Waals surface area contributed by atoms with Crippen molar-refractivity contribution in [2.24, 2.45) is 7.05 Å². The summed E-state index contributed by atoms with van der Waals surface area (Å²) in [5.41, 5.74) is 4.64. The Hall–Kier alpha value is -3.97. The number of hydrogen-bond acceptors (Lipinski definition) is 8. The summed E-state index contributed by atoms with van der Waals surface area (Å²) in [5, 5.41) is 7.61. The second kappa shape index (κ2) is 15.7. The van der Waals surface area contributed by atoms with Gasteiger partial charge in [0, 0.05) is 47.8 Å². The van der Waals surface area contributed by atoms with Crippen molar-refractivity contribution >= 4 is 49.4 Å². The molecule has 0 fully saturated rings. The molecule has 51 heavy (non-hydrogen) atoms. The number of carbonyl (C=O) groups excluding carboxylic acids is 1. The van der Waals surface area contributed by atoms with E-state index in [4.69, 9.17) is 30.0 Å². The molecule has 0 saturated carbocycles. The molecule has 10 nitrogen and oxygen atoms in total. The van der Waals surface area contributed by atoms with Gasteiger partial charge in [-0.2, -0.15) is 13.5 Å². The van der Waals surface area contributed by atoms with Crippen molar-refractivity contribution in [2.75, 3.05) is 32.7 Å². The first-order valence-corrected chi connectivity index (χ1v) is 19.1. The molecule has 2 aromatic heterocycles. The number of benzene rings is 3. The van der Waals surface area contributed by atoms with E-state index in [-0.39, 0.29) is 19.0 Å². The van der Waals surface area contributed by atoms with E-state index in [1.807, 2.05) is 81.2 Å². The molecule has 0 amide bonds. The summed E-state index contributed by atoms with van der Waals surface area (Å²) in [5.74, 6) is -0.120. The predicted molar refractivity (Wildman–Crippen MR) is 198 cm³/mol. The summed E-state index contributed by atoms with van der Waals surface area (Å²) < 4.78 is 63.0. The zero-order valence-corrected chi connectivity index (χ0v) is 31.7. The number of ether oxygens (including phenoxy) is 3. The van der Waals surface area contributed by atoms with Gasteiger partial charge in [-0.05, 0) is 95.2 Å². The van der Waals surface area contributed by atoms with E-state index in [1.54, 1.807) is 6.07 Å². The Labute approximate surface area is 303 Å². The zero-order chi connectivity index (χ0) is 37.1. The topological polar surface area (TPSA) is 111 Å². The monoisotopic (exact) mass is 741 g/mol. The average molecular weight is 742 g/mol. The van der Waals surface area contributed by atoms with Crippen LogP contribution in [0.3, 0.4) is 0 Å². The number of esters is 1. The van der Waals surface area contributed by atoms with Gasteiger partial charge in [0.25, 0.3) is 10.1 Å². The molecule has 0 unspecified atom stereocenters. The van der Waals surface area contributed by atoms with E-state index < -0.39 is 21.7 Å². The Bertz CT molecular complexity index is 2170. The number of hydrogen-bond donors (Lipinski definition) is 0. The predicted octanol–water partition coefficient (Wildman–Crippen LogP) is 7.95. The van der Waals surface area contributed by atoms with Crippen LogP contribution in [0.25, 0.3) is 32.8 Å². The third-order valence-electron chi connectivity index (χ3n) is 8.46. The number of rotatable bonds is 15. The summed E-state index contributed by atoms with van der Waals surface area (Å²) in [6.45, 7) is 10.4. The molecule has 0 aliphatic carbocycles. The van der Waals surface area contributed by atoms with Crippen LogP contribution in [0.15, 0.2) is 48.5 Å². The van der Waals surface area contributed by atoms with Gasteiger partial charge in [0.2, 0.25) is 0 Å². The van der Waals surface area contributed by atoms with Crippen LogP contribution in [0.4, 0.5) is 4.39 Å². The Morgan fingerprint density at radius 1 is 0.961 bits per heavy atom. The summed E-state index contributed by atoms with van der Waals surface area (Å²) in [6, 6.07) is 13.9. The molecular weight excluding hydrogens is 697 g/mol. The van der Waals surface area contributed by atoms with Gasteiger partial charge in [-0.3, -0.25) is 8.86 Å². The third-order valence-corrected chi connectivity index (χ3v) is 9.37. The lowest BCUT2D eigenvalue weighted by Gasteiger charge is -2.21. The average Bonchev–Trinajstić information content (AvgIpc) is 3.48. The molecule has 5 aromatic rings. The first-order valence-electron chi connectivity index (χ1n) is 16.9. The first-order chi connectivity index (χ1) is 24.1. The Kier molecular flexibility index (Phi) is 11.8. The lowest BCUT2D eigenvalue weighted by Crippen LogP contribution is -2.26. The Balaban J connectivity index is 1.54. The van der Waals surface area contributed by atoms with Gasteiger partial charge in [-0.25, -0.2) is 9.18 Å². The second-order valence-corrected chi connectivity index (χ2v) is 15.6. The molecular formula is C38H45ClFN3O7S. The van der Waals surface area contributed by atoms with Crippen molar-refractivity contribution < 1.29 is 36.0 Å². The van der Waals surface area contributed by atoms with Crippen LogP contribution in [0.1, 0.15) is 61.1 Å². The van der Waals surface area contributed by atoms with Crippen LogP contribution in [-0.4, -0.2) is 67.0 Å². The van der Waals surface area contributed by atoms with E-state index in [0.29, 0.717) is 55.5 Å². The standard InChI is InChI=1S/C38H45ClFN3O7S/c1-24-33(25(2)42(6)41-24)34-31(39)17-16-30-29(12-9-20-48-32-13-8-11-26-23-27(40)14-15-28(26)32)36(37(44)50-38(3,4)5)43(35(30)34)18-10-19-47-21-22-49-51(7,45)46/h8,11,13-17,23H,9-10,12,18-22H2,1-7H3. The minimum absolute atomic E-state index is 0.0877. The summed E-state index contributed by atoms with van der Waals surface area (Å²) >= 11 is 7.02. The molecule has 2 heterocycles. The molecule has 274 valence electrons. The van der Waals surface area contributed by atoms with Crippen molar-refractivity contribution in [3.05, 3.63) is 82.0 Å². The van der Waals surface area contributed by atoms with Gasteiger partial charge in [0.15, 0.2) is 0 Å². The largest absolute Gasteiger partial charge is 0.493 e. The molecule has 3 aromatic carbocycles. The van der Waals surface area contributed by atoms with E-state index in [9.17, 15) is 17.6 Å². The molecule has 0 bridgehead atoms. The van der Waals surface area contributed by atoms with Gasteiger partial charge in [-0.1, -0.05) is 29.8 Å². The van der Waals surface area contributed by atoms with Crippen LogP contribution in [0, 0.1) is 19.7 Å². The maximum Gasteiger partial charge on any atom is 0.355 e. The molecule has 0 atom stereocenters. The SMILES string of the molecule is Cc1nn(C)c(C)c1-c1c(Cl)ccc2c(CCCOc3cccc4cc(F)ccc34)c(C(=O)OC(C)(C)C)n(CCCOCCOS(C)(=O)=O)c12. The maximum atomic E-state index is 14.2. The quantitative estimate of drug-likeness (QED) is 0.0604. The number of aromatic nitrogens is 3. The lowest BCUT2D eigenvalue weighted by molar-refractivity contribution is 0.00559. The fourth-order valence-corrected chi connectivity index (χ4v) is 6.97. The van der Waals surface area contributed by atoms with Crippen LogP contribution in [0.2, 0.25) is 5.02 Å². The fraction of sp³-hybridized carbons (Fsp3) is 0.421. The molecule has 0 radical (unpaired) electrons. The number of fused-ring (bicyclic) bond motifs is 2. The van der Waals surface area contributed by atoms with Crippen LogP contribution in [-0.2, 0) is 43.8 Å². The van der Waals surface area contributed by atoms with Crippen LogP contribution < -0.4 is 4.74 Å². The smallest absolute Gasteiger partial charge is 0.355 e. The van der Waals surface area contributed by atoms with Crippen LogP contribution >= 0.6 is 11.6 Å². The van der Waals surface area contributed by atoms with Gasteiger partial charge in [0.1, 0.15) is 22.9 Å². The molecule has 0 spiro atoms. The van der Waals surface area contributed by atoms with Crippen molar-refractivity contribution in [3.8, 4) is 16.9 Å². The minimum atomic E-state index is -3.57. The van der Waals surface area contributed by atoms with Crippen molar-refractivity contribution in [1.82, 2.24) is 14.3 Å². The van der Waals surface area contributed by atoms with E-state index >= 15 is 0 Å². The molecule has 0 N–H and O–H groups in total. The highest BCUT2D eigenvalue weighted by Crippen LogP contribution is 2.42. The second-order valence-electron chi connectivity index (χ2n) is 13.5. The van der Waals surface area contributed by atoms with Gasteiger partial charge in [-0.15, -0.1) is 0 Å². The highest BCUT2D eigenvalue weighted by molar-refractivity contribution is 7.85. The third kappa shape index (κ3) is 9.10. The van der Waals surface area contributed by atoms with Crippen molar-refractivity contribution in [2.45, 2.75) is 66.0 Å². The molecule has 0 aliphatic heterocycles. The first kappa shape index (κ1) is 38.3. The summed E-state index contributed by atoms with van der Waals surface area (Å²) in [6.07, 6.45) is 2.55. The van der Waals surface area contributed by atoms with Crippen molar-refractivity contribution in [3.63, 3.8) is 0 Å². The fourth-order valence-electron chi connectivity index (χ4n) is 6.36. The molecule has 0 saturated heterocycles. The molecule has 0 aliphatic rings. The lowest BCUT2D eigenvalue weighted by atomic mass is 9.98. The number of nitrogens with zero attached hydrogens (tertiary/aromatic N) is 3.